The summed E-state index contributed by atoms with van der Waals surface area (Å²) in [5, 5.41) is 3.10. The highest BCUT2D eigenvalue weighted by atomic mass is 16.5. The largest absolute Gasteiger partial charge is 0.491 e. The summed E-state index contributed by atoms with van der Waals surface area (Å²) in [6.45, 7) is 1.42. The summed E-state index contributed by atoms with van der Waals surface area (Å²) in [5.41, 5.74) is 1.20. The lowest BCUT2D eigenvalue weighted by molar-refractivity contribution is 0.192. The average molecular weight is 187 g/mol. The van der Waals surface area contributed by atoms with Gasteiger partial charge < -0.3 is 10.1 Å². The molecule has 0 atom stereocenters. The van der Waals surface area contributed by atoms with Crippen molar-refractivity contribution in [2.75, 3.05) is 6.54 Å². The first-order chi connectivity index (χ1) is 6.95. The number of hydrogen-bond acceptors (Lipinski definition) is 2. The maximum atomic E-state index is 5.62. The van der Waals surface area contributed by atoms with Gasteiger partial charge in [0.25, 0.3) is 0 Å². The van der Waals surface area contributed by atoms with Gasteiger partial charge in [0.05, 0.1) is 6.54 Å². The molecule has 1 aromatic rings. The summed E-state index contributed by atoms with van der Waals surface area (Å²) < 4.78 is 5.62. The Bertz CT molecular complexity index is 341. The predicted octanol–water partition coefficient (Wildman–Crippen LogP) is 2.20. The summed E-state index contributed by atoms with van der Waals surface area (Å²) in [4.78, 5) is 0. The van der Waals surface area contributed by atoms with Crippen molar-refractivity contribution >= 4 is 0 Å². The number of ether oxygens (including phenoxy) is 1. The van der Waals surface area contributed by atoms with Gasteiger partial charge in [-0.15, -0.1) is 0 Å². The third-order valence-electron chi connectivity index (χ3n) is 2.04. The van der Waals surface area contributed by atoms with E-state index in [9.17, 15) is 0 Å². The molecule has 1 aliphatic heterocycles. The highest BCUT2D eigenvalue weighted by Crippen LogP contribution is 2.06. The number of rotatable bonds is 3. The Hall–Kier alpha value is -1.70. The van der Waals surface area contributed by atoms with Crippen LogP contribution in [0.25, 0.3) is 0 Å². The van der Waals surface area contributed by atoms with E-state index in [2.05, 4.69) is 17.4 Å². The SMILES string of the molecule is C1=CNCC(OCc2ccccc2)=C1. The molecule has 1 heterocycles. The van der Waals surface area contributed by atoms with Crippen LogP contribution in [0.1, 0.15) is 5.56 Å². The molecular formula is C12H13NO. The topological polar surface area (TPSA) is 21.3 Å². The van der Waals surface area contributed by atoms with Gasteiger partial charge in [0.1, 0.15) is 12.4 Å². The van der Waals surface area contributed by atoms with Crippen LogP contribution in [0.5, 0.6) is 0 Å². The lowest BCUT2D eigenvalue weighted by Crippen LogP contribution is -2.14. The standard InChI is InChI=1S/C12H13NO/c1-2-5-11(6-3-1)10-14-12-7-4-8-13-9-12/h1-8,13H,9-10H2. The second-order valence-corrected chi connectivity index (χ2v) is 3.15. The van der Waals surface area contributed by atoms with Crippen molar-refractivity contribution in [3.8, 4) is 0 Å². The van der Waals surface area contributed by atoms with Crippen LogP contribution in [0.3, 0.4) is 0 Å². The molecule has 1 N–H and O–H groups in total. The van der Waals surface area contributed by atoms with Crippen molar-refractivity contribution in [3.63, 3.8) is 0 Å². The lowest BCUT2D eigenvalue weighted by atomic mass is 10.2. The maximum absolute atomic E-state index is 5.62. The zero-order valence-electron chi connectivity index (χ0n) is 7.94. The minimum absolute atomic E-state index is 0.641. The fourth-order valence-corrected chi connectivity index (χ4v) is 1.29. The minimum Gasteiger partial charge on any atom is -0.491 e. The first kappa shape index (κ1) is 8.88. The van der Waals surface area contributed by atoms with Crippen LogP contribution >= 0.6 is 0 Å². The molecule has 2 rings (SSSR count). The van der Waals surface area contributed by atoms with Crippen LogP contribution in [-0.2, 0) is 11.3 Å². The molecule has 0 fully saturated rings. The van der Waals surface area contributed by atoms with Gasteiger partial charge >= 0.3 is 0 Å². The number of hydrogen-bond donors (Lipinski definition) is 1. The Morgan fingerprint density at radius 2 is 2.07 bits per heavy atom. The van der Waals surface area contributed by atoms with Crippen LogP contribution in [0.2, 0.25) is 0 Å². The second kappa shape index (κ2) is 4.51. The molecule has 1 aliphatic rings. The van der Waals surface area contributed by atoms with E-state index in [-0.39, 0.29) is 0 Å². The van der Waals surface area contributed by atoms with Crippen molar-refractivity contribution in [1.29, 1.82) is 0 Å². The molecule has 14 heavy (non-hydrogen) atoms. The quantitative estimate of drug-likeness (QED) is 0.783. The third kappa shape index (κ3) is 2.39. The van der Waals surface area contributed by atoms with E-state index in [1.165, 1.54) is 5.56 Å². The normalized spacial score (nSPS) is 14.4. The van der Waals surface area contributed by atoms with Crippen LogP contribution in [0.15, 0.2) is 54.4 Å². The molecule has 0 aliphatic carbocycles. The molecule has 0 unspecified atom stereocenters. The van der Waals surface area contributed by atoms with E-state index < -0.39 is 0 Å². The van der Waals surface area contributed by atoms with Gasteiger partial charge in [-0.1, -0.05) is 30.3 Å². The number of allylic oxidation sites excluding steroid dienone is 2. The minimum atomic E-state index is 0.641. The predicted molar refractivity (Wildman–Crippen MR) is 56.5 cm³/mol. The molecule has 72 valence electrons. The highest BCUT2D eigenvalue weighted by Gasteiger charge is 1.99. The Kier molecular flexibility index (Phi) is 2.86. The summed E-state index contributed by atoms with van der Waals surface area (Å²) in [6, 6.07) is 10.2. The Morgan fingerprint density at radius 1 is 1.21 bits per heavy atom. The Morgan fingerprint density at radius 3 is 2.79 bits per heavy atom. The smallest absolute Gasteiger partial charge is 0.116 e. The first-order valence-corrected chi connectivity index (χ1v) is 4.71. The number of nitrogens with one attached hydrogen (secondary N) is 1. The van der Waals surface area contributed by atoms with E-state index in [1.54, 1.807) is 0 Å². The highest BCUT2D eigenvalue weighted by molar-refractivity contribution is 5.16. The molecule has 0 saturated carbocycles. The zero-order chi connectivity index (χ0) is 9.64. The van der Waals surface area contributed by atoms with Gasteiger partial charge in [-0.05, 0) is 23.9 Å². The Balaban J connectivity index is 1.88. The van der Waals surface area contributed by atoms with Crippen LogP contribution in [-0.4, -0.2) is 6.54 Å². The first-order valence-electron chi connectivity index (χ1n) is 4.71. The van der Waals surface area contributed by atoms with E-state index >= 15 is 0 Å². The molecule has 0 spiro atoms. The third-order valence-corrected chi connectivity index (χ3v) is 2.04. The second-order valence-electron chi connectivity index (χ2n) is 3.15. The van der Waals surface area contributed by atoms with Crippen molar-refractivity contribution in [2.45, 2.75) is 6.61 Å². The molecule has 1 aromatic carbocycles. The van der Waals surface area contributed by atoms with E-state index in [1.807, 2.05) is 36.6 Å². The molecule has 0 radical (unpaired) electrons. The summed E-state index contributed by atoms with van der Waals surface area (Å²) >= 11 is 0. The number of dihydropyridines is 1. The van der Waals surface area contributed by atoms with Crippen LogP contribution in [0, 0.1) is 0 Å². The van der Waals surface area contributed by atoms with Crippen molar-refractivity contribution in [3.05, 3.63) is 60.0 Å². The molecular weight excluding hydrogens is 174 g/mol. The van der Waals surface area contributed by atoms with Gasteiger partial charge in [-0.2, -0.15) is 0 Å². The zero-order valence-corrected chi connectivity index (χ0v) is 7.94. The van der Waals surface area contributed by atoms with Gasteiger partial charge in [-0.25, -0.2) is 0 Å². The van der Waals surface area contributed by atoms with Crippen LogP contribution in [0.4, 0.5) is 0 Å². The van der Waals surface area contributed by atoms with Crippen molar-refractivity contribution < 1.29 is 4.74 Å². The molecule has 0 bridgehead atoms. The van der Waals surface area contributed by atoms with E-state index in [0.29, 0.717) is 6.61 Å². The maximum Gasteiger partial charge on any atom is 0.116 e. The number of benzene rings is 1. The van der Waals surface area contributed by atoms with Crippen LogP contribution < -0.4 is 5.32 Å². The summed E-state index contributed by atoms with van der Waals surface area (Å²) in [7, 11) is 0. The molecule has 0 aromatic heterocycles. The van der Waals surface area contributed by atoms with E-state index in [4.69, 9.17) is 4.74 Å². The van der Waals surface area contributed by atoms with Crippen molar-refractivity contribution in [1.82, 2.24) is 5.32 Å². The van der Waals surface area contributed by atoms with Gasteiger partial charge in [-0.3, -0.25) is 0 Å². The van der Waals surface area contributed by atoms with Gasteiger partial charge in [0.15, 0.2) is 0 Å². The monoisotopic (exact) mass is 187 g/mol. The average Bonchev–Trinajstić information content (AvgIpc) is 2.29. The van der Waals surface area contributed by atoms with E-state index in [0.717, 1.165) is 12.3 Å². The lowest BCUT2D eigenvalue weighted by Gasteiger charge is -2.12. The van der Waals surface area contributed by atoms with Gasteiger partial charge in [0.2, 0.25) is 0 Å². The Labute approximate surface area is 83.9 Å². The fourth-order valence-electron chi connectivity index (χ4n) is 1.29. The molecule has 2 heteroatoms. The summed E-state index contributed by atoms with van der Waals surface area (Å²) in [6.07, 6.45) is 5.85. The fraction of sp³-hybridized carbons (Fsp3) is 0.167. The molecule has 0 amide bonds. The summed E-state index contributed by atoms with van der Waals surface area (Å²) in [5.74, 6) is 0.983. The van der Waals surface area contributed by atoms with Crippen molar-refractivity contribution in [2.24, 2.45) is 0 Å². The molecule has 2 nitrogen and oxygen atoms in total. The molecule has 0 saturated heterocycles. The van der Waals surface area contributed by atoms with Gasteiger partial charge in [0, 0.05) is 0 Å².